The number of rotatable bonds is 6. The number of anilines is 2. The average Bonchev–Trinajstić information content (AvgIpc) is 2.85. The summed E-state index contributed by atoms with van der Waals surface area (Å²) >= 11 is 0. The molecule has 2 aromatic carbocycles. The summed E-state index contributed by atoms with van der Waals surface area (Å²) < 4.78 is 10.7. The van der Waals surface area contributed by atoms with E-state index in [0.29, 0.717) is 31.2 Å². The lowest BCUT2D eigenvalue weighted by atomic mass is 9.95. The summed E-state index contributed by atoms with van der Waals surface area (Å²) in [5.74, 6) is -0.747. The van der Waals surface area contributed by atoms with Crippen molar-refractivity contribution in [2.75, 3.05) is 63.8 Å². The van der Waals surface area contributed by atoms with Crippen molar-refractivity contribution in [3.05, 3.63) is 53.6 Å². The number of methoxy groups -OCH3 is 1. The minimum absolute atomic E-state index is 0.0278. The molecule has 2 N–H and O–H groups in total. The van der Waals surface area contributed by atoms with Crippen LogP contribution < -0.4 is 20.3 Å². The van der Waals surface area contributed by atoms with Crippen LogP contribution in [0.2, 0.25) is 0 Å². The van der Waals surface area contributed by atoms with E-state index in [1.807, 2.05) is 0 Å². The molecule has 8 nitrogen and oxygen atoms in total. The number of carbonyl (C=O) groups excluding carboxylic acids is 2. The van der Waals surface area contributed by atoms with E-state index in [9.17, 15) is 9.59 Å². The van der Waals surface area contributed by atoms with Gasteiger partial charge in [-0.15, -0.1) is 0 Å². The predicted octanol–water partition coefficient (Wildman–Crippen LogP) is 2.21. The van der Waals surface area contributed by atoms with Crippen LogP contribution in [0.15, 0.2) is 42.5 Å². The standard InChI is InChI=1S/C25H32N4O4/c1-28-10-4-5-18-15-19(8-9-22(18)28)23(29-11-13-33-14-12-29)17-26-24(30)25(31)27-20-6-3-7-21(16-20)32-2/h3,6-9,15-16,23H,4-5,10-14,17H2,1-2H3,(H,26,30)(H,27,31)/t23-/m1/s1. The molecule has 2 aromatic rings. The van der Waals surface area contributed by atoms with Crippen LogP contribution in [0.4, 0.5) is 11.4 Å². The van der Waals surface area contributed by atoms with Gasteiger partial charge in [0.05, 0.1) is 26.4 Å². The van der Waals surface area contributed by atoms with Crippen LogP contribution >= 0.6 is 0 Å². The fourth-order valence-corrected chi connectivity index (χ4v) is 4.52. The molecule has 2 aliphatic rings. The van der Waals surface area contributed by atoms with Crippen molar-refractivity contribution in [1.29, 1.82) is 0 Å². The van der Waals surface area contributed by atoms with Crippen molar-refractivity contribution in [2.24, 2.45) is 0 Å². The third kappa shape index (κ3) is 5.64. The van der Waals surface area contributed by atoms with Gasteiger partial charge in [-0.25, -0.2) is 0 Å². The second-order valence-corrected chi connectivity index (χ2v) is 8.47. The third-order valence-corrected chi connectivity index (χ3v) is 6.32. The minimum atomic E-state index is -0.698. The topological polar surface area (TPSA) is 83.1 Å². The molecule has 0 unspecified atom stereocenters. The number of nitrogens with one attached hydrogen (secondary N) is 2. The molecule has 0 spiro atoms. The van der Waals surface area contributed by atoms with Gasteiger partial charge in [0.15, 0.2) is 0 Å². The molecule has 176 valence electrons. The van der Waals surface area contributed by atoms with Crippen LogP contribution in [0, 0.1) is 0 Å². The van der Waals surface area contributed by atoms with Gasteiger partial charge in [0.25, 0.3) is 0 Å². The second kappa shape index (κ2) is 10.7. The van der Waals surface area contributed by atoms with Gasteiger partial charge in [0.2, 0.25) is 0 Å². The first-order valence-corrected chi connectivity index (χ1v) is 11.4. The smallest absolute Gasteiger partial charge is 0.313 e. The molecule has 0 saturated carbocycles. The highest BCUT2D eigenvalue weighted by molar-refractivity contribution is 6.39. The molecule has 0 bridgehead atoms. The van der Waals surface area contributed by atoms with Crippen molar-refractivity contribution >= 4 is 23.2 Å². The Morgan fingerprint density at radius 3 is 2.70 bits per heavy atom. The monoisotopic (exact) mass is 452 g/mol. The fourth-order valence-electron chi connectivity index (χ4n) is 4.52. The first kappa shape index (κ1) is 23.1. The number of ether oxygens (including phenoxy) is 2. The van der Waals surface area contributed by atoms with Crippen molar-refractivity contribution in [2.45, 2.75) is 18.9 Å². The molecule has 0 radical (unpaired) electrons. The van der Waals surface area contributed by atoms with Crippen LogP contribution in [0.1, 0.15) is 23.6 Å². The van der Waals surface area contributed by atoms with Gasteiger partial charge in [0.1, 0.15) is 5.75 Å². The number of hydrogen-bond donors (Lipinski definition) is 2. The normalized spacial score (nSPS) is 17.1. The van der Waals surface area contributed by atoms with Crippen LogP contribution in [-0.2, 0) is 20.7 Å². The molecule has 33 heavy (non-hydrogen) atoms. The number of carbonyl (C=O) groups is 2. The summed E-state index contributed by atoms with van der Waals surface area (Å²) in [5.41, 5.74) is 4.27. The highest BCUT2D eigenvalue weighted by atomic mass is 16.5. The van der Waals surface area contributed by atoms with Gasteiger partial charge in [-0.2, -0.15) is 0 Å². The van der Waals surface area contributed by atoms with E-state index in [-0.39, 0.29) is 6.04 Å². The molecule has 0 aromatic heterocycles. The minimum Gasteiger partial charge on any atom is -0.497 e. The van der Waals surface area contributed by atoms with E-state index in [2.05, 4.69) is 45.7 Å². The van der Waals surface area contributed by atoms with E-state index in [0.717, 1.165) is 38.0 Å². The van der Waals surface area contributed by atoms with Gasteiger partial charge < -0.3 is 25.0 Å². The molecule has 1 atom stereocenters. The lowest BCUT2D eigenvalue weighted by molar-refractivity contribution is -0.136. The maximum Gasteiger partial charge on any atom is 0.313 e. The molecule has 1 fully saturated rings. The summed E-state index contributed by atoms with van der Waals surface area (Å²) in [4.78, 5) is 29.7. The predicted molar refractivity (Wildman–Crippen MR) is 128 cm³/mol. The molecule has 0 aliphatic carbocycles. The molecule has 8 heteroatoms. The van der Waals surface area contributed by atoms with Gasteiger partial charge in [-0.3, -0.25) is 14.5 Å². The first-order chi connectivity index (χ1) is 16.0. The van der Waals surface area contributed by atoms with Crippen LogP contribution in [0.25, 0.3) is 0 Å². The van der Waals surface area contributed by atoms with E-state index < -0.39 is 11.8 Å². The lowest BCUT2D eigenvalue weighted by Gasteiger charge is -2.36. The van der Waals surface area contributed by atoms with E-state index >= 15 is 0 Å². The highest BCUT2D eigenvalue weighted by Gasteiger charge is 2.26. The lowest BCUT2D eigenvalue weighted by Crippen LogP contribution is -2.45. The largest absolute Gasteiger partial charge is 0.497 e. The number of morpholine rings is 1. The molecular weight excluding hydrogens is 420 g/mol. The zero-order chi connectivity index (χ0) is 23.2. The number of aryl methyl sites for hydroxylation is 1. The first-order valence-electron chi connectivity index (χ1n) is 11.4. The van der Waals surface area contributed by atoms with Crippen molar-refractivity contribution in [3.63, 3.8) is 0 Å². The van der Waals surface area contributed by atoms with E-state index in [1.165, 1.54) is 11.3 Å². The molecule has 2 aliphatic heterocycles. The average molecular weight is 453 g/mol. The Morgan fingerprint density at radius 1 is 1.09 bits per heavy atom. The van der Waals surface area contributed by atoms with Crippen molar-refractivity contribution in [3.8, 4) is 5.75 Å². The molecule has 1 saturated heterocycles. The summed E-state index contributed by atoms with van der Waals surface area (Å²) in [5, 5.41) is 5.48. The molecular formula is C25H32N4O4. The Morgan fingerprint density at radius 2 is 1.91 bits per heavy atom. The third-order valence-electron chi connectivity index (χ3n) is 6.32. The SMILES string of the molecule is COc1cccc(NC(=O)C(=O)NC[C@H](c2ccc3c(c2)CCCN3C)N2CCOCC2)c1. The van der Waals surface area contributed by atoms with Gasteiger partial charge in [0, 0.05) is 50.7 Å². The molecule has 4 rings (SSSR count). The summed E-state index contributed by atoms with van der Waals surface area (Å²) in [7, 11) is 3.68. The maximum absolute atomic E-state index is 12.6. The van der Waals surface area contributed by atoms with E-state index in [1.54, 1.807) is 31.4 Å². The van der Waals surface area contributed by atoms with E-state index in [4.69, 9.17) is 9.47 Å². The summed E-state index contributed by atoms with van der Waals surface area (Å²) in [6.07, 6.45) is 2.19. The maximum atomic E-state index is 12.6. The van der Waals surface area contributed by atoms with Crippen molar-refractivity contribution < 1.29 is 19.1 Å². The van der Waals surface area contributed by atoms with Crippen molar-refractivity contribution in [1.82, 2.24) is 10.2 Å². The number of fused-ring (bicyclic) bond motifs is 1. The number of hydrogen-bond acceptors (Lipinski definition) is 6. The summed E-state index contributed by atoms with van der Waals surface area (Å²) in [6, 6.07) is 13.5. The van der Waals surface area contributed by atoms with Gasteiger partial charge in [-0.05, 0) is 42.2 Å². The van der Waals surface area contributed by atoms with Gasteiger partial charge in [-0.1, -0.05) is 18.2 Å². The number of amides is 2. The number of benzene rings is 2. The Balaban J connectivity index is 1.45. The zero-order valence-electron chi connectivity index (χ0n) is 19.3. The fraction of sp³-hybridized carbons (Fsp3) is 0.440. The Bertz CT molecular complexity index is 990. The summed E-state index contributed by atoms with van der Waals surface area (Å²) in [6.45, 7) is 4.31. The second-order valence-electron chi connectivity index (χ2n) is 8.47. The molecule has 2 heterocycles. The van der Waals surface area contributed by atoms with Crippen LogP contribution in [0.3, 0.4) is 0 Å². The number of nitrogens with zero attached hydrogens (tertiary/aromatic N) is 2. The van der Waals surface area contributed by atoms with Crippen LogP contribution in [0.5, 0.6) is 5.75 Å². The zero-order valence-corrected chi connectivity index (χ0v) is 19.3. The Hall–Kier alpha value is -3.10. The Labute approximate surface area is 194 Å². The van der Waals surface area contributed by atoms with Gasteiger partial charge >= 0.3 is 11.8 Å². The quantitative estimate of drug-likeness (QED) is 0.654. The Kier molecular flexibility index (Phi) is 7.47. The highest BCUT2D eigenvalue weighted by Crippen LogP contribution is 2.31. The van der Waals surface area contributed by atoms with Crippen LogP contribution in [-0.4, -0.2) is 70.3 Å². The molecule has 2 amide bonds.